The lowest BCUT2D eigenvalue weighted by Gasteiger charge is -2.11. The number of carbonyl (C=O) groups is 2. The fraction of sp³-hybridized carbons (Fsp3) is 0.211. The van der Waals surface area contributed by atoms with Crippen molar-refractivity contribution in [3.8, 4) is 0 Å². The molecule has 3 N–H and O–H groups in total. The Kier molecular flexibility index (Phi) is 8.57. The Morgan fingerprint density at radius 1 is 1.04 bits per heavy atom. The van der Waals surface area contributed by atoms with Crippen LogP contribution in [0.3, 0.4) is 0 Å². The van der Waals surface area contributed by atoms with E-state index in [1.165, 1.54) is 11.8 Å². The van der Waals surface area contributed by atoms with E-state index in [4.69, 9.17) is 23.8 Å². The highest BCUT2D eigenvalue weighted by Crippen LogP contribution is 2.20. The highest BCUT2D eigenvalue weighted by Gasteiger charge is 2.07. The molecular formula is C19H20ClN3O2S2. The molecule has 5 nitrogen and oxygen atoms in total. The number of thiocarbonyl (C=S) groups is 1. The summed E-state index contributed by atoms with van der Waals surface area (Å²) in [6, 6.07) is 14.4. The summed E-state index contributed by atoms with van der Waals surface area (Å²) >= 11 is 12.4. The average molecular weight is 422 g/mol. The molecule has 2 aromatic carbocycles. The van der Waals surface area contributed by atoms with Gasteiger partial charge in [0.25, 0.3) is 0 Å². The van der Waals surface area contributed by atoms with Crippen LogP contribution in [0.1, 0.15) is 19.8 Å². The minimum Gasteiger partial charge on any atom is -0.332 e. The van der Waals surface area contributed by atoms with E-state index in [0.29, 0.717) is 22.8 Å². The first-order chi connectivity index (χ1) is 13.0. The predicted molar refractivity (Wildman–Crippen MR) is 117 cm³/mol. The monoisotopic (exact) mass is 421 g/mol. The van der Waals surface area contributed by atoms with Gasteiger partial charge in [-0.05, 0) is 61.1 Å². The normalized spacial score (nSPS) is 10.1. The van der Waals surface area contributed by atoms with Gasteiger partial charge in [-0.1, -0.05) is 24.6 Å². The fourth-order valence-corrected chi connectivity index (χ4v) is 3.19. The van der Waals surface area contributed by atoms with Crippen LogP contribution >= 0.6 is 35.6 Å². The Bertz CT molecular complexity index is 813. The Labute approximate surface area is 173 Å². The topological polar surface area (TPSA) is 70.2 Å². The minimum atomic E-state index is -0.208. The highest BCUT2D eigenvalue weighted by atomic mass is 35.5. The number of halogens is 1. The van der Waals surface area contributed by atoms with E-state index < -0.39 is 0 Å². The number of rotatable bonds is 7. The second-order valence-corrected chi connectivity index (χ2v) is 7.52. The Balaban J connectivity index is 1.81. The summed E-state index contributed by atoms with van der Waals surface area (Å²) in [4.78, 5) is 24.6. The molecule has 8 heteroatoms. The first-order valence-electron chi connectivity index (χ1n) is 8.35. The molecule has 0 aliphatic heterocycles. The Morgan fingerprint density at radius 3 is 2.37 bits per heavy atom. The molecule has 0 unspecified atom stereocenters. The number of hydrogen-bond donors (Lipinski definition) is 3. The van der Waals surface area contributed by atoms with E-state index in [9.17, 15) is 9.59 Å². The molecule has 0 heterocycles. The quantitative estimate of drug-likeness (QED) is 0.447. The van der Waals surface area contributed by atoms with Crippen molar-refractivity contribution in [2.24, 2.45) is 0 Å². The van der Waals surface area contributed by atoms with Crippen molar-refractivity contribution in [1.29, 1.82) is 0 Å². The standard InChI is InChI=1S/C19H20ClN3O2S2/c1-2-4-17(24)21-14-5-3-6-15(11-14)22-19(26)23-18(25)12-27-16-9-7-13(20)8-10-16/h3,5-11H,2,4,12H2,1H3,(H,21,24)(H2,22,23,25,26). The van der Waals surface area contributed by atoms with Crippen LogP contribution in [-0.2, 0) is 9.59 Å². The number of carbonyl (C=O) groups excluding carboxylic acids is 2. The second-order valence-electron chi connectivity index (χ2n) is 5.62. The average Bonchev–Trinajstić information content (AvgIpc) is 2.61. The minimum absolute atomic E-state index is 0.0373. The SMILES string of the molecule is CCCC(=O)Nc1cccc(NC(=S)NC(=O)CSc2ccc(Cl)cc2)c1. The molecule has 0 aromatic heterocycles. The molecule has 0 aliphatic carbocycles. The van der Waals surface area contributed by atoms with Crippen LogP contribution < -0.4 is 16.0 Å². The molecule has 0 saturated carbocycles. The molecule has 2 amide bonds. The van der Waals surface area contributed by atoms with Crippen LogP contribution in [0.4, 0.5) is 11.4 Å². The van der Waals surface area contributed by atoms with Crippen LogP contribution in [0.5, 0.6) is 0 Å². The van der Waals surface area contributed by atoms with Crippen molar-refractivity contribution in [2.45, 2.75) is 24.7 Å². The van der Waals surface area contributed by atoms with Gasteiger partial charge in [-0.2, -0.15) is 0 Å². The van der Waals surface area contributed by atoms with Gasteiger partial charge in [-0.3, -0.25) is 9.59 Å². The molecule has 0 bridgehead atoms. The number of benzene rings is 2. The number of hydrogen-bond acceptors (Lipinski definition) is 4. The van der Waals surface area contributed by atoms with Crippen molar-refractivity contribution < 1.29 is 9.59 Å². The lowest BCUT2D eigenvalue weighted by atomic mass is 10.2. The molecule has 0 radical (unpaired) electrons. The fourth-order valence-electron chi connectivity index (χ4n) is 2.13. The van der Waals surface area contributed by atoms with Gasteiger partial charge in [-0.25, -0.2) is 0 Å². The van der Waals surface area contributed by atoms with Crippen LogP contribution in [0, 0.1) is 0 Å². The van der Waals surface area contributed by atoms with Gasteiger partial charge in [0.05, 0.1) is 5.75 Å². The summed E-state index contributed by atoms with van der Waals surface area (Å²) in [6.45, 7) is 1.95. The molecule has 2 rings (SSSR count). The van der Waals surface area contributed by atoms with Gasteiger partial charge in [0.1, 0.15) is 0 Å². The maximum absolute atomic E-state index is 12.0. The van der Waals surface area contributed by atoms with Crippen LogP contribution in [0.15, 0.2) is 53.4 Å². The van der Waals surface area contributed by atoms with Gasteiger partial charge >= 0.3 is 0 Å². The van der Waals surface area contributed by atoms with Gasteiger partial charge in [0.2, 0.25) is 11.8 Å². The summed E-state index contributed by atoms with van der Waals surface area (Å²) in [7, 11) is 0. The summed E-state index contributed by atoms with van der Waals surface area (Å²) in [5.41, 5.74) is 1.35. The maximum Gasteiger partial charge on any atom is 0.236 e. The van der Waals surface area contributed by atoms with E-state index in [2.05, 4.69) is 16.0 Å². The molecule has 0 aliphatic rings. The lowest BCUT2D eigenvalue weighted by molar-refractivity contribution is -0.117. The zero-order valence-corrected chi connectivity index (χ0v) is 17.1. The molecular weight excluding hydrogens is 402 g/mol. The van der Waals surface area contributed by atoms with Crippen LogP contribution in [0.25, 0.3) is 0 Å². The van der Waals surface area contributed by atoms with E-state index in [0.717, 1.165) is 11.3 Å². The summed E-state index contributed by atoms with van der Waals surface area (Å²) in [6.07, 6.45) is 1.26. The van der Waals surface area contributed by atoms with Gasteiger partial charge in [0, 0.05) is 27.7 Å². The summed E-state index contributed by atoms with van der Waals surface area (Å²) in [5.74, 6) is -0.0130. The zero-order valence-electron chi connectivity index (χ0n) is 14.8. The summed E-state index contributed by atoms with van der Waals surface area (Å²) < 4.78 is 0. The van der Waals surface area contributed by atoms with Gasteiger partial charge < -0.3 is 16.0 Å². The van der Waals surface area contributed by atoms with E-state index in [-0.39, 0.29) is 22.7 Å². The second kappa shape index (κ2) is 10.9. The van der Waals surface area contributed by atoms with Crippen molar-refractivity contribution in [1.82, 2.24) is 5.32 Å². The third-order valence-electron chi connectivity index (χ3n) is 3.32. The van der Waals surface area contributed by atoms with Crippen molar-refractivity contribution >= 4 is 63.9 Å². The molecule has 2 aromatic rings. The molecule has 142 valence electrons. The molecule has 0 spiro atoms. The van der Waals surface area contributed by atoms with Gasteiger partial charge in [0.15, 0.2) is 5.11 Å². The number of anilines is 2. The third kappa shape index (κ3) is 7.99. The first kappa shape index (κ1) is 21.2. The van der Waals surface area contributed by atoms with Crippen LogP contribution in [-0.4, -0.2) is 22.7 Å². The Morgan fingerprint density at radius 2 is 1.70 bits per heavy atom. The molecule has 0 fully saturated rings. The number of amides is 2. The number of nitrogens with one attached hydrogen (secondary N) is 3. The highest BCUT2D eigenvalue weighted by molar-refractivity contribution is 8.00. The van der Waals surface area contributed by atoms with Crippen molar-refractivity contribution in [3.63, 3.8) is 0 Å². The number of thioether (sulfide) groups is 1. The van der Waals surface area contributed by atoms with Crippen molar-refractivity contribution in [2.75, 3.05) is 16.4 Å². The smallest absolute Gasteiger partial charge is 0.236 e. The van der Waals surface area contributed by atoms with E-state index in [1.807, 2.05) is 19.1 Å². The molecule has 0 atom stereocenters. The predicted octanol–water partition coefficient (Wildman–Crippen LogP) is 4.68. The third-order valence-corrected chi connectivity index (χ3v) is 4.79. The lowest BCUT2D eigenvalue weighted by Crippen LogP contribution is -2.35. The summed E-state index contributed by atoms with van der Waals surface area (Å²) in [5, 5.41) is 9.26. The largest absolute Gasteiger partial charge is 0.332 e. The van der Waals surface area contributed by atoms with Gasteiger partial charge in [-0.15, -0.1) is 11.8 Å². The zero-order chi connectivity index (χ0) is 19.6. The first-order valence-corrected chi connectivity index (χ1v) is 10.1. The molecule has 27 heavy (non-hydrogen) atoms. The Hall–Kier alpha value is -2.09. The van der Waals surface area contributed by atoms with Crippen molar-refractivity contribution in [3.05, 3.63) is 53.6 Å². The molecule has 0 saturated heterocycles. The maximum atomic E-state index is 12.0. The van der Waals surface area contributed by atoms with E-state index >= 15 is 0 Å². The van der Waals surface area contributed by atoms with E-state index in [1.54, 1.807) is 36.4 Å². The van der Waals surface area contributed by atoms with Crippen LogP contribution in [0.2, 0.25) is 5.02 Å².